The molecule has 0 atom stereocenters. The first-order chi connectivity index (χ1) is 12.3. The Labute approximate surface area is 153 Å². The summed E-state index contributed by atoms with van der Waals surface area (Å²) in [6.07, 6.45) is 5.69. The molecule has 0 spiro atoms. The Balaban J connectivity index is 1.55. The molecule has 7 heteroatoms. The molecule has 0 aromatic carbocycles. The summed E-state index contributed by atoms with van der Waals surface area (Å²) in [5.41, 5.74) is 1.32. The van der Waals surface area contributed by atoms with Gasteiger partial charge in [0.15, 0.2) is 5.96 Å². The molecule has 1 aliphatic rings. The Hall–Kier alpha value is -1.89. The maximum absolute atomic E-state index is 4.70. The minimum Gasteiger partial charge on any atom is -0.357 e. The predicted molar refractivity (Wildman–Crippen MR) is 103 cm³/mol. The quantitative estimate of drug-likeness (QED) is 0.614. The second-order valence-corrected chi connectivity index (χ2v) is 7.39. The molecule has 0 aliphatic carbocycles. The Bertz CT molecular complexity index is 702. The third-order valence-corrected chi connectivity index (χ3v) is 5.53. The molecular weight excluding hydrogens is 332 g/mol. The number of fused-ring (bicyclic) bond motifs is 1. The highest BCUT2D eigenvalue weighted by Crippen LogP contribution is 2.16. The standard InChI is InChI=1S/C18H28N6S/c1-3-19-18(21-13-15-14(2)9-12-25-15)20-10-8-17-23-22-16-7-5-4-6-11-24(16)17/h9,12H,3-8,10-11,13H2,1-2H3,(H2,19,20,21). The van der Waals surface area contributed by atoms with Crippen LogP contribution in [0.1, 0.15) is 48.3 Å². The number of aryl methyl sites for hydroxylation is 2. The highest BCUT2D eigenvalue weighted by atomic mass is 32.1. The van der Waals surface area contributed by atoms with E-state index in [9.17, 15) is 0 Å². The van der Waals surface area contributed by atoms with Crippen LogP contribution in [-0.4, -0.2) is 33.8 Å². The molecule has 1 aliphatic heterocycles. The highest BCUT2D eigenvalue weighted by molar-refractivity contribution is 7.10. The van der Waals surface area contributed by atoms with Crippen molar-refractivity contribution >= 4 is 17.3 Å². The average Bonchev–Trinajstić information content (AvgIpc) is 3.11. The van der Waals surface area contributed by atoms with Crippen LogP contribution in [0.2, 0.25) is 0 Å². The van der Waals surface area contributed by atoms with Crippen LogP contribution in [0.25, 0.3) is 0 Å². The molecule has 0 radical (unpaired) electrons. The molecule has 0 amide bonds. The molecule has 2 N–H and O–H groups in total. The van der Waals surface area contributed by atoms with Crippen LogP contribution in [0.15, 0.2) is 16.4 Å². The average molecular weight is 361 g/mol. The Morgan fingerprint density at radius 1 is 1.28 bits per heavy atom. The Morgan fingerprint density at radius 2 is 2.20 bits per heavy atom. The first kappa shape index (κ1) is 17.9. The van der Waals surface area contributed by atoms with E-state index >= 15 is 0 Å². The topological polar surface area (TPSA) is 67.1 Å². The third kappa shape index (κ3) is 4.81. The van der Waals surface area contributed by atoms with Crippen molar-refractivity contribution in [3.8, 4) is 0 Å². The molecule has 136 valence electrons. The summed E-state index contributed by atoms with van der Waals surface area (Å²) in [5.74, 6) is 3.11. The van der Waals surface area contributed by atoms with Gasteiger partial charge in [-0.15, -0.1) is 21.5 Å². The van der Waals surface area contributed by atoms with Gasteiger partial charge >= 0.3 is 0 Å². The zero-order chi connectivity index (χ0) is 17.5. The predicted octanol–water partition coefficient (Wildman–Crippen LogP) is 2.67. The lowest BCUT2D eigenvalue weighted by Crippen LogP contribution is -2.38. The first-order valence-electron chi connectivity index (χ1n) is 9.24. The lowest BCUT2D eigenvalue weighted by molar-refractivity contribution is 0.600. The summed E-state index contributed by atoms with van der Waals surface area (Å²) in [7, 11) is 0. The van der Waals surface area contributed by atoms with Gasteiger partial charge in [0.1, 0.15) is 11.6 Å². The summed E-state index contributed by atoms with van der Waals surface area (Å²) in [6, 6.07) is 2.15. The number of aromatic nitrogens is 3. The van der Waals surface area contributed by atoms with Crippen LogP contribution in [0, 0.1) is 6.92 Å². The minimum atomic E-state index is 0.721. The SMILES string of the molecule is CCNC(=NCc1sccc1C)NCCc1nnc2n1CCCCC2. The van der Waals surface area contributed by atoms with E-state index < -0.39 is 0 Å². The molecule has 6 nitrogen and oxygen atoms in total. The van der Waals surface area contributed by atoms with E-state index in [1.807, 2.05) is 0 Å². The van der Waals surface area contributed by atoms with Gasteiger partial charge in [-0.05, 0) is 43.7 Å². The van der Waals surface area contributed by atoms with E-state index in [1.165, 1.54) is 29.7 Å². The third-order valence-electron chi connectivity index (χ3n) is 4.52. The summed E-state index contributed by atoms with van der Waals surface area (Å²) in [5, 5.41) is 17.6. The Kier molecular flexibility index (Phi) is 6.44. The van der Waals surface area contributed by atoms with Crippen molar-refractivity contribution in [1.29, 1.82) is 0 Å². The fourth-order valence-electron chi connectivity index (χ4n) is 3.08. The van der Waals surface area contributed by atoms with Gasteiger partial charge in [0.05, 0.1) is 6.54 Å². The van der Waals surface area contributed by atoms with Crippen molar-refractivity contribution in [3.63, 3.8) is 0 Å². The number of rotatable bonds is 6. The summed E-state index contributed by atoms with van der Waals surface area (Å²) >= 11 is 1.76. The van der Waals surface area contributed by atoms with E-state index in [-0.39, 0.29) is 0 Å². The largest absolute Gasteiger partial charge is 0.357 e. The number of hydrogen-bond donors (Lipinski definition) is 2. The maximum atomic E-state index is 4.70. The fraction of sp³-hybridized carbons (Fsp3) is 0.611. The summed E-state index contributed by atoms with van der Waals surface area (Å²) < 4.78 is 2.31. The molecule has 2 aromatic rings. The van der Waals surface area contributed by atoms with E-state index in [0.29, 0.717) is 0 Å². The van der Waals surface area contributed by atoms with E-state index in [0.717, 1.165) is 56.6 Å². The second kappa shape index (κ2) is 8.99. The van der Waals surface area contributed by atoms with Crippen LogP contribution in [0.5, 0.6) is 0 Å². The van der Waals surface area contributed by atoms with Gasteiger partial charge in [0.2, 0.25) is 0 Å². The lowest BCUT2D eigenvalue weighted by Gasteiger charge is -2.12. The van der Waals surface area contributed by atoms with Gasteiger partial charge in [-0.3, -0.25) is 0 Å². The number of aliphatic imine (C=N–C) groups is 1. The maximum Gasteiger partial charge on any atom is 0.191 e. The molecular formula is C18H28N6S. The molecule has 0 bridgehead atoms. The van der Waals surface area contributed by atoms with Crippen LogP contribution < -0.4 is 10.6 Å². The number of guanidine groups is 1. The molecule has 0 saturated heterocycles. The highest BCUT2D eigenvalue weighted by Gasteiger charge is 2.14. The van der Waals surface area contributed by atoms with Crippen LogP contribution in [-0.2, 0) is 25.9 Å². The smallest absolute Gasteiger partial charge is 0.191 e. The van der Waals surface area contributed by atoms with Crippen LogP contribution in [0.4, 0.5) is 0 Å². The molecule has 3 heterocycles. The van der Waals surface area contributed by atoms with E-state index in [2.05, 4.69) is 50.7 Å². The van der Waals surface area contributed by atoms with Crippen molar-refractivity contribution in [1.82, 2.24) is 25.4 Å². The van der Waals surface area contributed by atoms with Crippen molar-refractivity contribution in [3.05, 3.63) is 33.5 Å². The van der Waals surface area contributed by atoms with Crippen molar-refractivity contribution in [2.75, 3.05) is 13.1 Å². The molecule has 0 saturated carbocycles. The van der Waals surface area contributed by atoms with Gasteiger partial charge < -0.3 is 15.2 Å². The van der Waals surface area contributed by atoms with Crippen LogP contribution in [0.3, 0.4) is 0 Å². The number of nitrogens with zero attached hydrogens (tertiary/aromatic N) is 4. The zero-order valence-corrected chi connectivity index (χ0v) is 16.0. The summed E-state index contributed by atoms with van der Waals surface area (Å²) in [4.78, 5) is 6.02. The second-order valence-electron chi connectivity index (χ2n) is 6.39. The van der Waals surface area contributed by atoms with Crippen molar-refractivity contribution in [2.45, 2.75) is 59.0 Å². The van der Waals surface area contributed by atoms with Crippen molar-refractivity contribution < 1.29 is 0 Å². The monoisotopic (exact) mass is 360 g/mol. The molecule has 3 rings (SSSR count). The van der Waals surface area contributed by atoms with Gasteiger partial charge in [-0.25, -0.2) is 4.99 Å². The Morgan fingerprint density at radius 3 is 3.00 bits per heavy atom. The molecule has 2 aromatic heterocycles. The molecule has 0 unspecified atom stereocenters. The van der Waals surface area contributed by atoms with Gasteiger partial charge in [-0.1, -0.05) is 6.42 Å². The molecule has 25 heavy (non-hydrogen) atoms. The van der Waals surface area contributed by atoms with Gasteiger partial charge in [-0.2, -0.15) is 0 Å². The summed E-state index contributed by atoms with van der Waals surface area (Å²) in [6.45, 7) is 7.68. The van der Waals surface area contributed by atoms with E-state index in [1.54, 1.807) is 11.3 Å². The van der Waals surface area contributed by atoms with Crippen LogP contribution >= 0.6 is 11.3 Å². The van der Waals surface area contributed by atoms with Gasteiger partial charge in [0, 0.05) is 37.4 Å². The molecule has 0 fully saturated rings. The number of nitrogens with one attached hydrogen (secondary N) is 2. The number of hydrogen-bond acceptors (Lipinski definition) is 4. The first-order valence-corrected chi connectivity index (χ1v) is 10.1. The number of thiophene rings is 1. The fourth-order valence-corrected chi connectivity index (χ4v) is 3.91. The minimum absolute atomic E-state index is 0.721. The van der Waals surface area contributed by atoms with Gasteiger partial charge in [0.25, 0.3) is 0 Å². The normalized spacial score (nSPS) is 14.9. The zero-order valence-electron chi connectivity index (χ0n) is 15.2. The lowest BCUT2D eigenvalue weighted by atomic mass is 10.2. The van der Waals surface area contributed by atoms with Crippen molar-refractivity contribution in [2.24, 2.45) is 4.99 Å². The van der Waals surface area contributed by atoms with E-state index in [4.69, 9.17) is 4.99 Å².